The standard InChI is InChI=1S/C17H32O2/c1-2-3-4-5-6-7-8-9-10-11-12-13-14-17(15-18)16-19/h15-17H,2-14H2,1H3. The summed E-state index contributed by atoms with van der Waals surface area (Å²) in [6.07, 6.45) is 18.1. The highest BCUT2D eigenvalue weighted by Gasteiger charge is 2.03. The highest BCUT2D eigenvalue weighted by Crippen LogP contribution is 2.13. The van der Waals surface area contributed by atoms with Crippen molar-refractivity contribution in [3.63, 3.8) is 0 Å². The zero-order chi connectivity index (χ0) is 14.2. The molecule has 0 aliphatic heterocycles. The minimum absolute atomic E-state index is 0.358. The highest BCUT2D eigenvalue weighted by atomic mass is 16.1. The molecule has 0 aromatic carbocycles. The Morgan fingerprint density at radius 3 is 1.37 bits per heavy atom. The van der Waals surface area contributed by atoms with Crippen LogP contribution in [-0.4, -0.2) is 12.6 Å². The average molecular weight is 268 g/mol. The maximum absolute atomic E-state index is 10.4. The van der Waals surface area contributed by atoms with E-state index < -0.39 is 0 Å². The molecule has 0 heterocycles. The van der Waals surface area contributed by atoms with E-state index in [9.17, 15) is 9.59 Å². The smallest absolute Gasteiger partial charge is 0.130 e. The highest BCUT2D eigenvalue weighted by molar-refractivity contribution is 5.77. The fourth-order valence-corrected chi connectivity index (χ4v) is 2.39. The van der Waals surface area contributed by atoms with E-state index in [0.29, 0.717) is 0 Å². The zero-order valence-corrected chi connectivity index (χ0v) is 12.7. The molecular formula is C17H32O2. The lowest BCUT2D eigenvalue weighted by Crippen LogP contribution is -2.02. The molecule has 0 aromatic heterocycles. The SMILES string of the molecule is CCCCCCCCCCCCCCC(C=O)C=O. The van der Waals surface area contributed by atoms with E-state index in [1.165, 1.54) is 64.2 Å². The minimum Gasteiger partial charge on any atom is -0.303 e. The Bertz CT molecular complexity index is 193. The summed E-state index contributed by atoms with van der Waals surface area (Å²) in [6.45, 7) is 2.26. The first kappa shape index (κ1) is 18.3. The quantitative estimate of drug-likeness (QED) is 0.235. The Hall–Kier alpha value is -0.660. The molecule has 19 heavy (non-hydrogen) atoms. The van der Waals surface area contributed by atoms with E-state index in [0.717, 1.165) is 31.8 Å². The van der Waals surface area contributed by atoms with Crippen LogP contribution in [0.3, 0.4) is 0 Å². The van der Waals surface area contributed by atoms with Crippen LogP contribution in [0.25, 0.3) is 0 Å². The van der Waals surface area contributed by atoms with Crippen molar-refractivity contribution in [2.45, 2.75) is 90.4 Å². The van der Waals surface area contributed by atoms with Crippen LogP contribution in [0.15, 0.2) is 0 Å². The lowest BCUT2D eigenvalue weighted by atomic mass is 10.0. The van der Waals surface area contributed by atoms with Gasteiger partial charge in [0.15, 0.2) is 0 Å². The lowest BCUT2D eigenvalue weighted by Gasteiger charge is -2.03. The molecule has 0 aliphatic rings. The van der Waals surface area contributed by atoms with Crippen LogP contribution in [0.1, 0.15) is 90.4 Å². The third kappa shape index (κ3) is 13.6. The van der Waals surface area contributed by atoms with Gasteiger partial charge in [-0.1, -0.05) is 84.0 Å². The zero-order valence-electron chi connectivity index (χ0n) is 12.7. The summed E-state index contributed by atoms with van der Waals surface area (Å²) in [5.74, 6) is -0.358. The van der Waals surface area contributed by atoms with Gasteiger partial charge < -0.3 is 9.59 Å². The Labute approximate surface area is 119 Å². The summed E-state index contributed by atoms with van der Waals surface area (Å²) in [5, 5.41) is 0. The van der Waals surface area contributed by atoms with Crippen molar-refractivity contribution >= 4 is 12.6 Å². The molecule has 0 spiro atoms. The number of hydrogen-bond acceptors (Lipinski definition) is 2. The monoisotopic (exact) mass is 268 g/mol. The van der Waals surface area contributed by atoms with Crippen molar-refractivity contribution in [3.05, 3.63) is 0 Å². The van der Waals surface area contributed by atoms with Crippen LogP contribution in [-0.2, 0) is 9.59 Å². The van der Waals surface area contributed by atoms with Crippen molar-refractivity contribution in [1.29, 1.82) is 0 Å². The summed E-state index contributed by atoms with van der Waals surface area (Å²) in [6, 6.07) is 0. The van der Waals surface area contributed by atoms with Gasteiger partial charge in [0.1, 0.15) is 12.6 Å². The lowest BCUT2D eigenvalue weighted by molar-refractivity contribution is -0.119. The van der Waals surface area contributed by atoms with Gasteiger partial charge in [0, 0.05) is 0 Å². The Balaban J connectivity index is 3.06. The minimum atomic E-state index is -0.358. The molecule has 0 saturated carbocycles. The van der Waals surface area contributed by atoms with Crippen LogP contribution in [0, 0.1) is 5.92 Å². The second kappa shape index (κ2) is 15.4. The van der Waals surface area contributed by atoms with Gasteiger partial charge in [-0.25, -0.2) is 0 Å². The van der Waals surface area contributed by atoms with E-state index in [1.807, 2.05) is 0 Å². The van der Waals surface area contributed by atoms with Gasteiger partial charge in [0.2, 0.25) is 0 Å². The predicted molar refractivity (Wildman–Crippen MR) is 81.3 cm³/mol. The molecule has 2 heteroatoms. The third-order valence-electron chi connectivity index (χ3n) is 3.74. The summed E-state index contributed by atoms with van der Waals surface area (Å²) >= 11 is 0. The summed E-state index contributed by atoms with van der Waals surface area (Å²) in [7, 11) is 0. The van der Waals surface area contributed by atoms with Gasteiger partial charge in [0.05, 0.1) is 5.92 Å². The molecule has 0 saturated heterocycles. The second-order valence-corrected chi connectivity index (χ2v) is 5.61. The molecule has 0 aromatic rings. The molecule has 0 bridgehead atoms. The van der Waals surface area contributed by atoms with Crippen LogP contribution < -0.4 is 0 Å². The molecule has 0 atom stereocenters. The fourth-order valence-electron chi connectivity index (χ4n) is 2.39. The fraction of sp³-hybridized carbons (Fsp3) is 0.882. The summed E-state index contributed by atoms with van der Waals surface area (Å²) in [5.41, 5.74) is 0. The molecule has 0 N–H and O–H groups in total. The topological polar surface area (TPSA) is 34.1 Å². The molecule has 0 aliphatic carbocycles. The van der Waals surface area contributed by atoms with Gasteiger partial charge in [-0.2, -0.15) is 0 Å². The third-order valence-corrected chi connectivity index (χ3v) is 3.74. The number of unbranched alkanes of at least 4 members (excludes halogenated alkanes) is 11. The van der Waals surface area contributed by atoms with Crippen molar-refractivity contribution < 1.29 is 9.59 Å². The number of hydrogen-bond donors (Lipinski definition) is 0. The normalized spacial score (nSPS) is 10.8. The molecule has 0 amide bonds. The van der Waals surface area contributed by atoms with E-state index >= 15 is 0 Å². The Morgan fingerprint density at radius 1 is 0.632 bits per heavy atom. The van der Waals surface area contributed by atoms with Crippen molar-refractivity contribution in [2.24, 2.45) is 5.92 Å². The van der Waals surface area contributed by atoms with Gasteiger partial charge >= 0.3 is 0 Å². The Kier molecular flexibility index (Phi) is 14.9. The second-order valence-electron chi connectivity index (χ2n) is 5.61. The predicted octanol–water partition coefficient (Wildman–Crippen LogP) is 5.09. The van der Waals surface area contributed by atoms with Crippen molar-refractivity contribution in [2.75, 3.05) is 0 Å². The number of carbonyl (C=O) groups excluding carboxylic acids is 2. The van der Waals surface area contributed by atoms with Gasteiger partial charge in [-0.05, 0) is 6.42 Å². The molecular weight excluding hydrogens is 236 g/mol. The van der Waals surface area contributed by atoms with Crippen LogP contribution in [0.4, 0.5) is 0 Å². The largest absolute Gasteiger partial charge is 0.303 e. The van der Waals surface area contributed by atoms with Crippen LogP contribution in [0.2, 0.25) is 0 Å². The van der Waals surface area contributed by atoms with Crippen LogP contribution in [0.5, 0.6) is 0 Å². The summed E-state index contributed by atoms with van der Waals surface area (Å²) < 4.78 is 0. The molecule has 0 radical (unpaired) electrons. The number of aldehydes is 2. The Morgan fingerprint density at radius 2 is 1.00 bits per heavy atom. The molecule has 112 valence electrons. The van der Waals surface area contributed by atoms with E-state index in [2.05, 4.69) is 6.92 Å². The van der Waals surface area contributed by atoms with E-state index in [-0.39, 0.29) is 5.92 Å². The first-order valence-electron chi connectivity index (χ1n) is 8.25. The molecule has 0 unspecified atom stereocenters. The van der Waals surface area contributed by atoms with Crippen molar-refractivity contribution in [3.8, 4) is 0 Å². The molecule has 2 nitrogen and oxygen atoms in total. The first-order chi connectivity index (χ1) is 9.35. The average Bonchev–Trinajstić information content (AvgIpc) is 2.44. The summed E-state index contributed by atoms with van der Waals surface area (Å²) in [4.78, 5) is 20.9. The van der Waals surface area contributed by atoms with Gasteiger partial charge in [-0.3, -0.25) is 0 Å². The maximum Gasteiger partial charge on any atom is 0.130 e. The molecule has 0 rings (SSSR count). The molecule has 0 fully saturated rings. The van der Waals surface area contributed by atoms with E-state index in [4.69, 9.17) is 0 Å². The van der Waals surface area contributed by atoms with Gasteiger partial charge in [0.25, 0.3) is 0 Å². The maximum atomic E-state index is 10.4. The van der Waals surface area contributed by atoms with Gasteiger partial charge in [-0.15, -0.1) is 0 Å². The number of carbonyl (C=O) groups is 2. The van der Waals surface area contributed by atoms with E-state index in [1.54, 1.807) is 0 Å². The van der Waals surface area contributed by atoms with Crippen molar-refractivity contribution in [1.82, 2.24) is 0 Å². The number of rotatable bonds is 15. The van der Waals surface area contributed by atoms with Crippen LogP contribution >= 0.6 is 0 Å². The first-order valence-corrected chi connectivity index (χ1v) is 8.25.